The lowest BCUT2D eigenvalue weighted by Gasteiger charge is -2.24. The standard InChI is InChI=1S/C23H22ClFN4O5S/c1-23(7-2-8-33-23)22-28-27-20(34-22)15-9-18-19(10-16(15)25)35(31,32)12-17(26)21(30)29(18)11-13-3-5-14(24)6-4-13/h3-6,9-10,17H,2,7-8,11-12,26H2,1H3/t17-,23?/m0/s1. The topological polar surface area (TPSA) is 129 Å². The number of nitrogens with two attached hydrogens (primary N) is 1. The van der Waals surface area contributed by atoms with Gasteiger partial charge in [0.15, 0.2) is 9.84 Å². The van der Waals surface area contributed by atoms with Crippen LogP contribution in [0.25, 0.3) is 11.5 Å². The van der Waals surface area contributed by atoms with Gasteiger partial charge in [0.05, 0.1) is 34.5 Å². The second-order valence-corrected chi connectivity index (χ2v) is 11.3. The number of hydrogen-bond donors (Lipinski definition) is 1. The molecule has 2 aliphatic heterocycles. The lowest BCUT2D eigenvalue weighted by molar-refractivity contribution is -0.119. The minimum Gasteiger partial charge on any atom is -0.417 e. The smallest absolute Gasteiger partial charge is 0.250 e. The van der Waals surface area contributed by atoms with Crippen LogP contribution in [0.15, 0.2) is 45.7 Å². The Labute approximate surface area is 205 Å². The third-order valence-corrected chi connectivity index (χ3v) is 8.28. The molecule has 1 fully saturated rings. The molecule has 5 rings (SSSR count). The molecule has 2 N–H and O–H groups in total. The van der Waals surface area contributed by atoms with Crippen LogP contribution < -0.4 is 10.6 Å². The molecule has 3 heterocycles. The van der Waals surface area contributed by atoms with Crippen molar-refractivity contribution in [3.8, 4) is 11.5 Å². The number of amides is 1. The van der Waals surface area contributed by atoms with Crippen LogP contribution in [-0.2, 0) is 31.5 Å². The Morgan fingerprint density at radius 1 is 1.26 bits per heavy atom. The first-order chi connectivity index (χ1) is 16.6. The molecule has 0 saturated carbocycles. The van der Waals surface area contributed by atoms with Crippen LogP contribution in [-0.4, -0.2) is 42.9 Å². The molecule has 0 aliphatic carbocycles. The van der Waals surface area contributed by atoms with Gasteiger partial charge in [-0.3, -0.25) is 4.79 Å². The zero-order chi connectivity index (χ0) is 25.0. The van der Waals surface area contributed by atoms with Crippen LogP contribution >= 0.6 is 11.6 Å². The van der Waals surface area contributed by atoms with Crippen LogP contribution in [0, 0.1) is 5.82 Å². The van der Waals surface area contributed by atoms with Gasteiger partial charge in [0.25, 0.3) is 5.89 Å². The maximum atomic E-state index is 15.2. The molecule has 3 aromatic rings. The molecule has 1 aromatic heterocycles. The first-order valence-corrected chi connectivity index (χ1v) is 13.0. The van der Waals surface area contributed by atoms with E-state index < -0.39 is 39.0 Å². The fraction of sp³-hybridized carbons (Fsp3) is 0.348. The van der Waals surface area contributed by atoms with E-state index in [1.807, 2.05) is 6.92 Å². The number of carbonyl (C=O) groups is 1. The summed E-state index contributed by atoms with van der Waals surface area (Å²) in [5.74, 6) is -2.09. The monoisotopic (exact) mass is 520 g/mol. The zero-order valence-electron chi connectivity index (χ0n) is 18.7. The van der Waals surface area contributed by atoms with Crippen molar-refractivity contribution in [1.82, 2.24) is 10.2 Å². The Morgan fingerprint density at radius 3 is 2.69 bits per heavy atom. The summed E-state index contributed by atoms with van der Waals surface area (Å²) in [6.45, 7) is 2.35. The molecular formula is C23H22ClFN4O5S. The van der Waals surface area contributed by atoms with E-state index in [0.717, 1.165) is 12.5 Å². The second kappa shape index (κ2) is 8.66. The minimum atomic E-state index is -4.07. The number of nitrogens with zero attached hydrogens (tertiary/aromatic N) is 3. The van der Waals surface area contributed by atoms with Crippen molar-refractivity contribution in [2.45, 2.75) is 42.8 Å². The van der Waals surface area contributed by atoms with E-state index in [9.17, 15) is 13.2 Å². The molecule has 0 bridgehead atoms. The van der Waals surface area contributed by atoms with E-state index in [4.69, 9.17) is 26.5 Å². The van der Waals surface area contributed by atoms with Gasteiger partial charge in [0.1, 0.15) is 11.4 Å². The van der Waals surface area contributed by atoms with Crippen molar-refractivity contribution in [2.75, 3.05) is 17.3 Å². The second-order valence-electron chi connectivity index (χ2n) is 8.83. The number of rotatable bonds is 4. The Kier molecular flexibility index (Phi) is 5.91. The third kappa shape index (κ3) is 4.33. The maximum Gasteiger partial charge on any atom is 0.250 e. The van der Waals surface area contributed by atoms with Gasteiger partial charge in [0, 0.05) is 11.6 Å². The summed E-state index contributed by atoms with van der Waals surface area (Å²) in [7, 11) is -4.07. The normalized spacial score (nSPS) is 23.8. The van der Waals surface area contributed by atoms with Crippen LogP contribution in [0.5, 0.6) is 0 Å². The van der Waals surface area contributed by atoms with Gasteiger partial charge in [-0.2, -0.15) is 0 Å². The van der Waals surface area contributed by atoms with Crippen molar-refractivity contribution < 1.29 is 26.8 Å². The van der Waals surface area contributed by atoms with Gasteiger partial charge >= 0.3 is 0 Å². The number of hydrogen-bond acceptors (Lipinski definition) is 8. The van der Waals surface area contributed by atoms with Gasteiger partial charge in [0.2, 0.25) is 11.8 Å². The van der Waals surface area contributed by atoms with E-state index in [2.05, 4.69) is 10.2 Å². The van der Waals surface area contributed by atoms with E-state index in [-0.39, 0.29) is 34.5 Å². The molecule has 184 valence electrons. The fourth-order valence-electron chi connectivity index (χ4n) is 4.31. The average molecular weight is 521 g/mol. The zero-order valence-corrected chi connectivity index (χ0v) is 20.3. The van der Waals surface area contributed by atoms with Gasteiger partial charge in [-0.15, -0.1) is 10.2 Å². The maximum absolute atomic E-state index is 15.2. The van der Waals surface area contributed by atoms with Crippen molar-refractivity contribution in [3.63, 3.8) is 0 Å². The molecule has 2 atom stereocenters. The summed E-state index contributed by atoms with van der Waals surface area (Å²) < 4.78 is 52.7. The molecule has 1 amide bonds. The van der Waals surface area contributed by atoms with Crippen LogP contribution in [0.2, 0.25) is 5.02 Å². The quantitative estimate of drug-likeness (QED) is 0.555. The molecule has 2 aliphatic rings. The first-order valence-electron chi connectivity index (χ1n) is 10.9. The van der Waals surface area contributed by atoms with E-state index >= 15 is 4.39 Å². The number of anilines is 1. The molecule has 35 heavy (non-hydrogen) atoms. The van der Waals surface area contributed by atoms with Gasteiger partial charge in [-0.05, 0) is 49.6 Å². The van der Waals surface area contributed by atoms with Gasteiger partial charge < -0.3 is 19.8 Å². The largest absolute Gasteiger partial charge is 0.417 e. The highest BCUT2D eigenvalue weighted by molar-refractivity contribution is 7.91. The molecule has 9 nitrogen and oxygen atoms in total. The number of carbonyl (C=O) groups excluding carboxylic acids is 1. The molecule has 1 saturated heterocycles. The number of benzene rings is 2. The Morgan fingerprint density at radius 2 is 2.00 bits per heavy atom. The summed E-state index contributed by atoms with van der Waals surface area (Å²) in [4.78, 5) is 14.1. The lowest BCUT2D eigenvalue weighted by atomic mass is 10.0. The predicted octanol–water partition coefficient (Wildman–Crippen LogP) is 3.20. The highest BCUT2D eigenvalue weighted by Gasteiger charge is 2.39. The lowest BCUT2D eigenvalue weighted by Crippen LogP contribution is -2.45. The van der Waals surface area contributed by atoms with Crippen molar-refractivity contribution in [3.05, 3.63) is 58.7 Å². The number of ether oxygens (including phenoxy) is 1. The number of sulfone groups is 1. The van der Waals surface area contributed by atoms with Gasteiger partial charge in [-0.25, -0.2) is 12.8 Å². The number of halogens is 2. The predicted molar refractivity (Wildman–Crippen MR) is 125 cm³/mol. The fourth-order valence-corrected chi connectivity index (χ4v) is 6.00. The van der Waals surface area contributed by atoms with Crippen molar-refractivity contribution in [1.29, 1.82) is 0 Å². The minimum absolute atomic E-state index is 0.00170. The Hall–Kier alpha value is -2.86. The Bertz CT molecular complexity index is 1400. The summed E-state index contributed by atoms with van der Waals surface area (Å²) in [5.41, 5.74) is 5.69. The average Bonchev–Trinajstić information content (AvgIpc) is 3.47. The third-order valence-electron chi connectivity index (χ3n) is 6.24. The molecule has 12 heteroatoms. The van der Waals surface area contributed by atoms with E-state index in [0.29, 0.717) is 23.6 Å². The van der Waals surface area contributed by atoms with Crippen LogP contribution in [0.4, 0.5) is 10.1 Å². The molecular weight excluding hydrogens is 499 g/mol. The molecule has 0 radical (unpaired) electrons. The van der Waals surface area contributed by atoms with Crippen molar-refractivity contribution >= 4 is 33.0 Å². The van der Waals surface area contributed by atoms with Crippen LogP contribution in [0.3, 0.4) is 0 Å². The summed E-state index contributed by atoms with van der Waals surface area (Å²) in [5, 5.41) is 8.51. The summed E-state index contributed by atoms with van der Waals surface area (Å²) in [6, 6.07) is 7.51. The molecule has 1 unspecified atom stereocenters. The molecule has 0 spiro atoms. The van der Waals surface area contributed by atoms with E-state index in [1.54, 1.807) is 24.3 Å². The highest BCUT2D eigenvalue weighted by Crippen LogP contribution is 2.39. The SMILES string of the molecule is CC1(c2nnc(-c3cc4c(cc3F)S(=O)(=O)C[C@H](N)C(=O)N4Cc3ccc(Cl)cc3)o2)CCCO1. The van der Waals surface area contributed by atoms with Crippen molar-refractivity contribution in [2.24, 2.45) is 5.73 Å². The van der Waals surface area contributed by atoms with E-state index in [1.165, 1.54) is 11.0 Å². The number of fused-ring (bicyclic) bond motifs is 1. The molecule has 2 aromatic carbocycles. The summed E-state index contributed by atoms with van der Waals surface area (Å²) >= 11 is 5.96. The van der Waals surface area contributed by atoms with Gasteiger partial charge in [-0.1, -0.05) is 23.7 Å². The van der Waals surface area contributed by atoms with Crippen LogP contribution in [0.1, 0.15) is 31.2 Å². The first kappa shape index (κ1) is 23.9. The Balaban J connectivity index is 1.63. The highest BCUT2D eigenvalue weighted by atomic mass is 35.5. The number of aromatic nitrogens is 2. The summed E-state index contributed by atoms with van der Waals surface area (Å²) in [6.07, 6.45) is 1.49.